The molecule has 0 amide bonds. The first kappa shape index (κ1) is 21.5. The fourth-order valence-corrected chi connectivity index (χ4v) is 2.94. The number of benzene rings is 1. The van der Waals surface area contributed by atoms with E-state index in [4.69, 9.17) is 4.74 Å². The van der Waals surface area contributed by atoms with Gasteiger partial charge >= 0.3 is 0 Å². The Bertz CT molecular complexity index is 691. The van der Waals surface area contributed by atoms with Gasteiger partial charge in [0, 0.05) is 30.6 Å². The molecule has 0 aliphatic carbocycles. The standard InChI is InChI=1S/C17H24N4O2S.HI/c1-4-18-17(19-8-7-16-20-10-12(2)24-16)21-11-13-5-6-15(23-3)14(22)9-13;/h5-6,9-10,22H,4,7-8,11H2,1-3H3,(H2,18,19,21);1H. The van der Waals surface area contributed by atoms with Crippen LogP contribution in [0.25, 0.3) is 0 Å². The van der Waals surface area contributed by atoms with Gasteiger partial charge in [0.05, 0.1) is 18.7 Å². The Hall–Kier alpha value is -1.55. The predicted molar refractivity (Wildman–Crippen MR) is 113 cm³/mol. The highest BCUT2D eigenvalue weighted by atomic mass is 127. The van der Waals surface area contributed by atoms with E-state index >= 15 is 0 Å². The smallest absolute Gasteiger partial charge is 0.191 e. The molecular weight excluding hydrogens is 451 g/mol. The molecule has 1 aromatic carbocycles. The third-order valence-corrected chi connectivity index (χ3v) is 4.28. The molecule has 0 atom stereocenters. The zero-order valence-electron chi connectivity index (χ0n) is 14.7. The molecule has 3 N–H and O–H groups in total. The topological polar surface area (TPSA) is 78.8 Å². The second kappa shape index (κ2) is 11.1. The number of nitrogens with zero attached hydrogens (tertiary/aromatic N) is 2. The van der Waals surface area contributed by atoms with Crippen LogP contribution in [0, 0.1) is 6.92 Å². The highest BCUT2D eigenvalue weighted by Gasteiger charge is 2.04. The summed E-state index contributed by atoms with van der Waals surface area (Å²) in [6, 6.07) is 5.31. The zero-order chi connectivity index (χ0) is 17.4. The number of guanidine groups is 1. The molecule has 0 saturated heterocycles. The summed E-state index contributed by atoms with van der Waals surface area (Å²) in [6.45, 7) is 6.12. The average Bonchev–Trinajstić information content (AvgIpc) is 2.98. The van der Waals surface area contributed by atoms with Crippen molar-refractivity contribution in [3.8, 4) is 11.5 Å². The van der Waals surface area contributed by atoms with Crippen LogP contribution in [0.1, 0.15) is 22.4 Å². The van der Waals surface area contributed by atoms with E-state index in [1.165, 1.54) is 12.0 Å². The zero-order valence-corrected chi connectivity index (χ0v) is 17.9. The van der Waals surface area contributed by atoms with E-state index in [2.05, 4.69) is 27.5 Å². The second-order valence-corrected chi connectivity index (χ2v) is 6.56. The van der Waals surface area contributed by atoms with Crippen molar-refractivity contribution in [1.82, 2.24) is 15.6 Å². The van der Waals surface area contributed by atoms with E-state index in [9.17, 15) is 5.11 Å². The van der Waals surface area contributed by atoms with E-state index in [0.717, 1.165) is 36.0 Å². The Morgan fingerprint density at radius 1 is 1.36 bits per heavy atom. The van der Waals surface area contributed by atoms with Crippen molar-refractivity contribution in [2.24, 2.45) is 4.99 Å². The molecule has 25 heavy (non-hydrogen) atoms. The van der Waals surface area contributed by atoms with Crippen molar-refractivity contribution in [1.29, 1.82) is 0 Å². The highest BCUT2D eigenvalue weighted by Crippen LogP contribution is 2.26. The summed E-state index contributed by atoms with van der Waals surface area (Å²) < 4.78 is 5.05. The third kappa shape index (κ3) is 7.07. The van der Waals surface area contributed by atoms with Crippen LogP contribution in [0.4, 0.5) is 0 Å². The van der Waals surface area contributed by atoms with Crippen molar-refractivity contribution >= 4 is 41.3 Å². The minimum atomic E-state index is 0. The van der Waals surface area contributed by atoms with Crippen molar-refractivity contribution in [3.05, 3.63) is 39.8 Å². The number of hydrogen-bond acceptors (Lipinski definition) is 5. The number of halogens is 1. The number of ether oxygens (including phenoxy) is 1. The molecule has 6 nitrogen and oxygen atoms in total. The SMILES string of the molecule is CCNC(=NCc1ccc(OC)c(O)c1)NCCc1ncc(C)s1.I. The number of aromatic nitrogens is 1. The van der Waals surface area contributed by atoms with Crippen LogP contribution in [0.3, 0.4) is 0 Å². The maximum Gasteiger partial charge on any atom is 0.191 e. The van der Waals surface area contributed by atoms with Gasteiger partial charge in [0.1, 0.15) is 0 Å². The summed E-state index contributed by atoms with van der Waals surface area (Å²) in [4.78, 5) is 10.1. The largest absolute Gasteiger partial charge is 0.504 e. The Morgan fingerprint density at radius 3 is 2.76 bits per heavy atom. The molecular formula is C17H25IN4O2S. The molecule has 2 rings (SSSR count). The number of rotatable bonds is 7. The quantitative estimate of drug-likeness (QED) is 0.325. The van der Waals surface area contributed by atoms with E-state index in [-0.39, 0.29) is 29.7 Å². The fourth-order valence-electron chi connectivity index (χ4n) is 2.15. The number of aromatic hydroxyl groups is 1. The lowest BCUT2D eigenvalue weighted by molar-refractivity contribution is 0.373. The molecule has 0 aliphatic rings. The van der Waals surface area contributed by atoms with Gasteiger partial charge in [-0.1, -0.05) is 6.07 Å². The Balaban J connectivity index is 0.00000312. The van der Waals surface area contributed by atoms with Gasteiger partial charge in [-0.05, 0) is 31.5 Å². The summed E-state index contributed by atoms with van der Waals surface area (Å²) in [5.74, 6) is 1.34. The predicted octanol–water partition coefficient (Wildman–Crippen LogP) is 3.08. The van der Waals surface area contributed by atoms with E-state index in [1.54, 1.807) is 23.5 Å². The monoisotopic (exact) mass is 476 g/mol. The number of nitrogens with one attached hydrogen (secondary N) is 2. The van der Waals surface area contributed by atoms with Crippen molar-refractivity contribution in [2.45, 2.75) is 26.8 Å². The molecule has 8 heteroatoms. The van der Waals surface area contributed by atoms with Crippen LogP contribution in [0.15, 0.2) is 29.4 Å². The Kier molecular flexibility index (Phi) is 9.58. The summed E-state index contributed by atoms with van der Waals surface area (Å²) in [5.41, 5.74) is 0.918. The third-order valence-electron chi connectivity index (χ3n) is 3.31. The number of thiazole rings is 1. The maximum atomic E-state index is 9.82. The molecule has 0 aliphatic heterocycles. The van der Waals surface area contributed by atoms with Gasteiger partial charge < -0.3 is 20.5 Å². The van der Waals surface area contributed by atoms with Crippen LogP contribution < -0.4 is 15.4 Å². The molecule has 0 unspecified atom stereocenters. The van der Waals surface area contributed by atoms with Crippen molar-refractivity contribution in [3.63, 3.8) is 0 Å². The number of phenolic OH excluding ortho intramolecular Hbond substituents is 1. The first-order valence-corrected chi connectivity index (χ1v) is 8.73. The normalized spacial score (nSPS) is 10.9. The number of phenols is 1. The number of aryl methyl sites for hydroxylation is 1. The van der Waals surface area contributed by atoms with Crippen LogP contribution in [-0.2, 0) is 13.0 Å². The first-order valence-electron chi connectivity index (χ1n) is 7.91. The molecule has 1 heterocycles. The molecule has 0 bridgehead atoms. The summed E-state index contributed by atoms with van der Waals surface area (Å²) in [5, 5.41) is 17.5. The van der Waals surface area contributed by atoms with Crippen LogP contribution in [0.5, 0.6) is 11.5 Å². The van der Waals surface area contributed by atoms with Gasteiger partial charge in [0.2, 0.25) is 0 Å². The van der Waals surface area contributed by atoms with Gasteiger partial charge in [-0.15, -0.1) is 35.3 Å². The summed E-state index contributed by atoms with van der Waals surface area (Å²) >= 11 is 1.72. The van der Waals surface area contributed by atoms with Crippen molar-refractivity contribution < 1.29 is 9.84 Å². The van der Waals surface area contributed by atoms with Gasteiger partial charge in [0.25, 0.3) is 0 Å². The summed E-state index contributed by atoms with van der Waals surface area (Å²) in [7, 11) is 1.53. The van der Waals surface area contributed by atoms with Gasteiger partial charge in [-0.3, -0.25) is 0 Å². The maximum absolute atomic E-state index is 9.82. The van der Waals surface area contributed by atoms with Crippen LogP contribution in [0.2, 0.25) is 0 Å². The Labute approximate surface area is 169 Å². The van der Waals surface area contributed by atoms with Gasteiger partial charge in [-0.2, -0.15) is 0 Å². The summed E-state index contributed by atoms with van der Waals surface area (Å²) in [6.07, 6.45) is 2.77. The molecule has 1 aromatic heterocycles. The highest BCUT2D eigenvalue weighted by molar-refractivity contribution is 14.0. The van der Waals surface area contributed by atoms with Gasteiger partial charge in [0.15, 0.2) is 17.5 Å². The minimum Gasteiger partial charge on any atom is -0.504 e. The average molecular weight is 476 g/mol. The lowest BCUT2D eigenvalue weighted by Crippen LogP contribution is -2.38. The van der Waals surface area contributed by atoms with E-state index in [1.807, 2.05) is 19.2 Å². The van der Waals surface area contributed by atoms with E-state index < -0.39 is 0 Å². The molecule has 0 radical (unpaired) electrons. The molecule has 0 saturated carbocycles. The fraction of sp³-hybridized carbons (Fsp3) is 0.412. The Morgan fingerprint density at radius 2 is 2.16 bits per heavy atom. The van der Waals surface area contributed by atoms with Gasteiger partial charge in [-0.25, -0.2) is 9.98 Å². The first-order chi connectivity index (χ1) is 11.6. The molecule has 0 fully saturated rings. The van der Waals surface area contributed by atoms with Crippen LogP contribution >= 0.6 is 35.3 Å². The second-order valence-electron chi connectivity index (χ2n) is 5.24. The van der Waals surface area contributed by atoms with E-state index in [0.29, 0.717) is 12.3 Å². The number of aliphatic imine (C=N–C) groups is 1. The molecule has 138 valence electrons. The number of hydrogen-bond donors (Lipinski definition) is 3. The van der Waals surface area contributed by atoms with Crippen molar-refractivity contribution in [2.75, 3.05) is 20.2 Å². The van der Waals surface area contributed by atoms with Crippen LogP contribution in [-0.4, -0.2) is 36.2 Å². The minimum absolute atomic E-state index is 0. The lowest BCUT2D eigenvalue weighted by Gasteiger charge is -2.11. The molecule has 2 aromatic rings. The molecule has 0 spiro atoms. The number of methoxy groups -OCH3 is 1. The lowest BCUT2D eigenvalue weighted by atomic mass is 10.2.